The van der Waals surface area contributed by atoms with Crippen molar-refractivity contribution in [2.75, 3.05) is 25.6 Å². The highest BCUT2D eigenvalue weighted by Crippen LogP contribution is 2.11. The molecule has 0 bridgehead atoms. The van der Waals surface area contributed by atoms with Crippen LogP contribution in [0.2, 0.25) is 0 Å². The van der Waals surface area contributed by atoms with Crippen molar-refractivity contribution in [2.45, 2.75) is 27.3 Å². The third-order valence-electron chi connectivity index (χ3n) is 2.27. The van der Waals surface area contributed by atoms with E-state index < -0.39 is 5.97 Å². The van der Waals surface area contributed by atoms with Crippen LogP contribution in [-0.2, 0) is 16.0 Å². The van der Waals surface area contributed by atoms with E-state index in [9.17, 15) is 4.79 Å². The molecule has 0 spiro atoms. The van der Waals surface area contributed by atoms with Crippen LogP contribution in [0.15, 0.2) is 6.33 Å². The number of ether oxygens (including phenoxy) is 2. The van der Waals surface area contributed by atoms with E-state index in [1.807, 2.05) is 0 Å². The smallest absolute Gasteiger partial charge is 0.360 e. The number of anilines is 1. The molecule has 0 unspecified atom stereocenters. The SMILES string of the molecule is CCOC(=O)c1ncn(CCOCC(C)C)c1N. The van der Waals surface area contributed by atoms with Gasteiger partial charge < -0.3 is 19.8 Å². The first-order valence-electron chi connectivity index (χ1n) is 6.11. The van der Waals surface area contributed by atoms with Crippen LogP contribution in [0.1, 0.15) is 31.3 Å². The van der Waals surface area contributed by atoms with Crippen LogP contribution in [0, 0.1) is 5.92 Å². The van der Waals surface area contributed by atoms with Crippen LogP contribution < -0.4 is 5.73 Å². The summed E-state index contributed by atoms with van der Waals surface area (Å²) in [6.45, 7) is 8.05. The molecule has 1 aromatic heterocycles. The van der Waals surface area contributed by atoms with Crippen molar-refractivity contribution in [1.82, 2.24) is 9.55 Å². The van der Waals surface area contributed by atoms with Gasteiger partial charge in [0.25, 0.3) is 0 Å². The highest BCUT2D eigenvalue weighted by atomic mass is 16.5. The molecule has 6 nitrogen and oxygen atoms in total. The molecule has 0 saturated heterocycles. The van der Waals surface area contributed by atoms with Crippen molar-refractivity contribution in [3.63, 3.8) is 0 Å². The Kier molecular flexibility index (Phi) is 5.64. The lowest BCUT2D eigenvalue weighted by molar-refractivity contribution is 0.0521. The minimum atomic E-state index is -0.489. The van der Waals surface area contributed by atoms with Gasteiger partial charge in [0.1, 0.15) is 5.82 Å². The number of nitrogens with two attached hydrogens (primary N) is 1. The number of hydrogen-bond donors (Lipinski definition) is 1. The van der Waals surface area contributed by atoms with Crippen LogP contribution >= 0.6 is 0 Å². The molecule has 1 aromatic rings. The van der Waals surface area contributed by atoms with E-state index in [4.69, 9.17) is 15.2 Å². The molecule has 1 heterocycles. The molecule has 0 aromatic carbocycles. The van der Waals surface area contributed by atoms with Crippen molar-refractivity contribution >= 4 is 11.8 Å². The van der Waals surface area contributed by atoms with Gasteiger partial charge in [-0.1, -0.05) is 13.8 Å². The fourth-order valence-corrected chi connectivity index (χ4v) is 1.41. The molecule has 1 rings (SSSR count). The van der Waals surface area contributed by atoms with Crippen molar-refractivity contribution in [1.29, 1.82) is 0 Å². The minimum absolute atomic E-state index is 0.167. The Labute approximate surface area is 107 Å². The number of carbonyl (C=O) groups is 1. The molecule has 0 amide bonds. The van der Waals surface area contributed by atoms with Gasteiger partial charge in [-0.15, -0.1) is 0 Å². The minimum Gasteiger partial charge on any atom is -0.461 e. The second-order valence-electron chi connectivity index (χ2n) is 4.36. The van der Waals surface area contributed by atoms with Gasteiger partial charge in [-0.3, -0.25) is 0 Å². The summed E-state index contributed by atoms with van der Waals surface area (Å²) in [6.07, 6.45) is 1.53. The lowest BCUT2D eigenvalue weighted by atomic mass is 10.2. The molecule has 18 heavy (non-hydrogen) atoms. The Morgan fingerprint density at radius 1 is 1.56 bits per heavy atom. The van der Waals surface area contributed by atoms with Crippen molar-refractivity contribution in [3.8, 4) is 0 Å². The number of carbonyl (C=O) groups excluding carboxylic acids is 1. The van der Waals surface area contributed by atoms with Gasteiger partial charge in [0, 0.05) is 13.2 Å². The molecule has 0 aliphatic carbocycles. The van der Waals surface area contributed by atoms with Crippen molar-refractivity contribution in [3.05, 3.63) is 12.0 Å². The van der Waals surface area contributed by atoms with E-state index in [1.54, 1.807) is 11.5 Å². The second-order valence-corrected chi connectivity index (χ2v) is 4.36. The number of hydrogen-bond acceptors (Lipinski definition) is 5. The number of nitrogens with zero attached hydrogens (tertiary/aromatic N) is 2. The van der Waals surface area contributed by atoms with Gasteiger partial charge in [0.15, 0.2) is 5.69 Å². The highest BCUT2D eigenvalue weighted by Gasteiger charge is 2.16. The maximum atomic E-state index is 11.5. The summed E-state index contributed by atoms with van der Waals surface area (Å²) in [4.78, 5) is 15.4. The average molecular weight is 255 g/mol. The number of nitrogen functional groups attached to an aromatic ring is 1. The van der Waals surface area contributed by atoms with Crippen molar-refractivity contribution in [2.24, 2.45) is 5.92 Å². The Hall–Kier alpha value is -1.56. The summed E-state index contributed by atoms with van der Waals surface area (Å²) < 4.78 is 12.0. The van der Waals surface area contributed by atoms with Gasteiger partial charge in [-0.25, -0.2) is 9.78 Å². The van der Waals surface area contributed by atoms with E-state index in [0.717, 1.165) is 0 Å². The fourth-order valence-electron chi connectivity index (χ4n) is 1.41. The molecule has 2 N–H and O–H groups in total. The normalized spacial score (nSPS) is 10.9. The standard InChI is InChI=1S/C12H21N3O3/c1-4-18-12(16)10-11(13)15(8-14-10)5-6-17-7-9(2)3/h8-9H,4-7,13H2,1-3H3. The van der Waals surface area contributed by atoms with Crippen LogP contribution in [-0.4, -0.2) is 35.3 Å². The molecule has 0 saturated carbocycles. The van der Waals surface area contributed by atoms with Crippen LogP contribution in [0.25, 0.3) is 0 Å². The molecule has 0 atom stereocenters. The third-order valence-corrected chi connectivity index (χ3v) is 2.27. The largest absolute Gasteiger partial charge is 0.461 e. The zero-order valence-corrected chi connectivity index (χ0v) is 11.2. The van der Waals surface area contributed by atoms with Crippen LogP contribution in [0.5, 0.6) is 0 Å². The predicted molar refractivity (Wildman–Crippen MR) is 68.3 cm³/mol. The molecular formula is C12H21N3O3. The number of rotatable bonds is 7. The van der Waals surface area contributed by atoms with Crippen LogP contribution in [0.3, 0.4) is 0 Å². The number of esters is 1. The van der Waals surface area contributed by atoms with E-state index >= 15 is 0 Å². The molecule has 0 aliphatic heterocycles. The average Bonchev–Trinajstić information content (AvgIpc) is 2.66. The second kappa shape index (κ2) is 7.00. The van der Waals surface area contributed by atoms with E-state index in [0.29, 0.717) is 38.1 Å². The van der Waals surface area contributed by atoms with Gasteiger partial charge in [-0.2, -0.15) is 0 Å². The van der Waals surface area contributed by atoms with E-state index in [2.05, 4.69) is 18.8 Å². The zero-order valence-electron chi connectivity index (χ0n) is 11.2. The predicted octanol–water partition coefficient (Wildman–Crippen LogP) is 1.31. The molecule has 0 fully saturated rings. The zero-order chi connectivity index (χ0) is 13.5. The quantitative estimate of drug-likeness (QED) is 0.587. The number of aromatic nitrogens is 2. The molecule has 102 valence electrons. The Bertz CT molecular complexity index is 388. The maximum absolute atomic E-state index is 11.5. The first-order chi connectivity index (χ1) is 8.56. The molecular weight excluding hydrogens is 234 g/mol. The van der Waals surface area contributed by atoms with Gasteiger partial charge in [0.2, 0.25) is 0 Å². The van der Waals surface area contributed by atoms with Gasteiger partial charge in [-0.05, 0) is 12.8 Å². The van der Waals surface area contributed by atoms with Crippen LogP contribution in [0.4, 0.5) is 5.82 Å². The summed E-state index contributed by atoms with van der Waals surface area (Å²) in [5.74, 6) is 0.332. The topological polar surface area (TPSA) is 79.4 Å². The summed E-state index contributed by atoms with van der Waals surface area (Å²) in [7, 11) is 0. The van der Waals surface area contributed by atoms with E-state index in [-0.39, 0.29) is 5.69 Å². The number of imidazole rings is 1. The summed E-state index contributed by atoms with van der Waals surface area (Å²) in [5.41, 5.74) is 5.99. The Morgan fingerprint density at radius 3 is 2.89 bits per heavy atom. The maximum Gasteiger partial charge on any atom is 0.360 e. The van der Waals surface area contributed by atoms with Gasteiger partial charge >= 0.3 is 5.97 Å². The Balaban J connectivity index is 2.50. The monoisotopic (exact) mass is 255 g/mol. The first-order valence-corrected chi connectivity index (χ1v) is 6.11. The highest BCUT2D eigenvalue weighted by molar-refractivity contribution is 5.92. The van der Waals surface area contributed by atoms with Crippen molar-refractivity contribution < 1.29 is 14.3 Å². The third kappa shape index (κ3) is 4.03. The van der Waals surface area contributed by atoms with E-state index in [1.165, 1.54) is 6.33 Å². The molecule has 0 aliphatic rings. The Morgan fingerprint density at radius 2 is 2.28 bits per heavy atom. The lowest BCUT2D eigenvalue weighted by Gasteiger charge is -2.08. The summed E-state index contributed by atoms with van der Waals surface area (Å²) in [6, 6.07) is 0. The van der Waals surface area contributed by atoms with Gasteiger partial charge in [0.05, 0.1) is 19.5 Å². The lowest BCUT2D eigenvalue weighted by Crippen LogP contribution is -2.13. The summed E-state index contributed by atoms with van der Waals surface area (Å²) >= 11 is 0. The first kappa shape index (κ1) is 14.5. The molecule has 0 radical (unpaired) electrons. The fraction of sp³-hybridized carbons (Fsp3) is 0.667. The summed E-state index contributed by atoms with van der Waals surface area (Å²) in [5, 5.41) is 0. The molecule has 6 heteroatoms.